The van der Waals surface area contributed by atoms with Gasteiger partial charge in [0.05, 0.1) is 0 Å². The van der Waals surface area contributed by atoms with E-state index in [4.69, 9.17) is 9.47 Å². The van der Waals surface area contributed by atoms with Crippen molar-refractivity contribution in [1.29, 1.82) is 0 Å². The third kappa shape index (κ3) is 7.38. The number of hydrogen-bond donors (Lipinski definition) is 1. The summed E-state index contributed by atoms with van der Waals surface area (Å²) < 4.78 is 23.7. The highest BCUT2D eigenvalue weighted by atomic mass is 19.1. The Kier molecular flexibility index (Phi) is 6.78. The molecule has 2 aromatic rings. The molecule has 26 heavy (non-hydrogen) atoms. The summed E-state index contributed by atoms with van der Waals surface area (Å²) in [6, 6.07) is 13.8. The zero-order valence-corrected chi connectivity index (χ0v) is 15.3. The highest BCUT2D eigenvalue weighted by molar-refractivity contribution is 5.68. The summed E-state index contributed by atoms with van der Waals surface area (Å²) >= 11 is 0. The van der Waals surface area contributed by atoms with E-state index in [1.165, 1.54) is 12.1 Å². The van der Waals surface area contributed by atoms with Crippen LogP contribution >= 0.6 is 0 Å². The summed E-state index contributed by atoms with van der Waals surface area (Å²) in [5.74, 6) is 0.476. The summed E-state index contributed by atoms with van der Waals surface area (Å²) in [7, 11) is 0. The van der Waals surface area contributed by atoms with Crippen LogP contribution in [0.1, 0.15) is 31.9 Å². The lowest BCUT2D eigenvalue weighted by molar-refractivity contribution is 0.0534. The van der Waals surface area contributed by atoms with Crippen LogP contribution < -0.4 is 10.1 Å². The van der Waals surface area contributed by atoms with E-state index in [1.54, 1.807) is 12.1 Å². The standard InChI is InChI=1S/C21H24FNO3/c1-21(2,3)26-20(24)23-14-4-5-16-8-12-19(13-9-16)25-15-17-6-10-18(22)11-7-17/h4-13H,14-15H2,1-3H3,(H,23,24). The fourth-order valence-corrected chi connectivity index (χ4v) is 2.07. The highest BCUT2D eigenvalue weighted by Gasteiger charge is 2.14. The van der Waals surface area contributed by atoms with Crippen molar-refractivity contribution in [1.82, 2.24) is 5.32 Å². The van der Waals surface area contributed by atoms with Gasteiger partial charge in [0, 0.05) is 6.54 Å². The van der Waals surface area contributed by atoms with Gasteiger partial charge in [-0.2, -0.15) is 0 Å². The topological polar surface area (TPSA) is 47.6 Å². The largest absolute Gasteiger partial charge is 0.489 e. The van der Waals surface area contributed by atoms with Gasteiger partial charge < -0.3 is 14.8 Å². The summed E-state index contributed by atoms with van der Waals surface area (Å²) in [5, 5.41) is 2.66. The van der Waals surface area contributed by atoms with Gasteiger partial charge in [0.1, 0.15) is 23.8 Å². The fraction of sp³-hybridized carbons (Fsp3) is 0.286. The van der Waals surface area contributed by atoms with E-state index in [-0.39, 0.29) is 5.82 Å². The zero-order chi connectivity index (χ0) is 19.0. The SMILES string of the molecule is CC(C)(C)OC(=O)NCC=Cc1ccc(OCc2ccc(F)cc2)cc1. The van der Waals surface area contributed by atoms with Crippen LogP contribution in [-0.2, 0) is 11.3 Å². The summed E-state index contributed by atoms with van der Waals surface area (Å²) in [6.45, 7) is 6.24. The van der Waals surface area contributed by atoms with E-state index in [9.17, 15) is 9.18 Å². The number of alkyl carbamates (subject to hydrolysis) is 1. The number of nitrogens with one attached hydrogen (secondary N) is 1. The van der Waals surface area contributed by atoms with Crippen molar-refractivity contribution in [2.75, 3.05) is 6.54 Å². The molecular formula is C21H24FNO3. The van der Waals surface area contributed by atoms with Crippen molar-refractivity contribution in [3.05, 3.63) is 71.6 Å². The molecular weight excluding hydrogens is 333 g/mol. The van der Waals surface area contributed by atoms with Crippen LogP contribution in [0, 0.1) is 5.82 Å². The van der Waals surface area contributed by atoms with Gasteiger partial charge in [0.15, 0.2) is 0 Å². The maximum atomic E-state index is 12.9. The number of rotatable bonds is 6. The predicted octanol–water partition coefficient (Wildman–Crippen LogP) is 4.94. The molecule has 2 aromatic carbocycles. The molecule has 1 N–H and O–H groups in total. The molecule has 138 valence electrons. The molecule has 1 amide bonds. The molecule has 0 spiro atoms. The lowest BCUT2D eigenvalue weighted by Gasteiger charge is -2.19. The third-order valence-corrected chi connectivity index (χ3v) is 3.27. The van der Waals surface area contributed by atoms with Crippen LogP contribution in [0.15, 0.2) is 54.6 Å². The van der Waals surface area contributed by atoms with Crippen molar-refractivity contribution in [2.24, 2.45) is 0 Å². The Bertz CT molecular complexity index is 731. The molecule has 0 bridgehead atoms. The monoisotopic (exact) mass is 357 g/mol. The Labute approximate surface area is 153 Å². The Morgan fingerprint density at radius 2 is 1.73 bits per heavy atom. The summed E-state index contributed by atoms with van der Waals surface area (Å²) in [6.07, 6.45) is 3.31. The molecule has 0 unspecified atom stereocenters. The Hall–Kier alpha value is -2.82. The lowest BCUT2D eigenvalue weighted by atomic mass is 10.2. The molecule has 0 aliphatic carbocycles. The minimum atomic E-state index is -0.502. The van der Waals surface area contributed by atoms with E-state index < -0.39 is 11.7 Å². The quantitative estimate of drug-likeness (QED) is 0.796. The second-order valence-electron chi connectivity index (χ2n) is 6.77. The zero-order valence-electron chi connectivity index (χ0n) is 15.3. The molecule has 0 fully saturated rings. The molecule has 0 radical (unpaired) electrons. The first-order chi connectivity index (χ1) is 12.3. The van der Waals surface area contributed by atoms with Crippen LogP contribution in [0.25, 0.3) is 6.08 Å². The molecule has 5 heteroatoms. The highest BCUT2D eigenvalue weighted by Crippen LogP contribution is 2.15. The van der Waals surface area contributed by atoms with Gasteiger partial charge in [0.2, 0.25) is 0 Å². The van der Waals surface area contributed by atoms with Crippen molar-refractivity contribution in [3.63, 3.8) is 0 Å². The van der Waals surface area contributed by atoms with Crippen LogP contribution in [0.4, 0.5) is 9.18 Å². The second-order valence-corrected chi connectivity index (χ2v) is 6.77. The van der Waals surface area contributed by atoms with Gasteiger partial charge in [-0.1, -0.05) is 36.4 Å². The smallest absolute Gasteiger partial charge is 0.407 e. The van der Waals surface area contributed by atoms with Gasteiger partial charge in [-0.15, -0.1) is 0 Å². The maximum absolute atomic E-state index is 12.9. The van der Waals surface area contributed by atoms with Crippen LogP contribution in [0.3, 0.4) is 0 Å². The molecule has 0 saturated carbocycles. The number of carbonyl (C=O) groups excluding carboxylic acids is 1. The van der Waals surface area contributed by atoms with Gasteiger partial charge in [-0.05, 0) is 56.2 Å². The predicted molar refractivity (Wildman–Crippen MR) is 100 cm³/mol. The fourth-order valence-electron chi connectivity index (χ4n) is 2.07. The molecule has 0 aliphatic heterocycles. The second kappa shape index (κ2) is 9.04. The number of hydrogen-bond acceptors (Lipinski definition) is 3. The van der Waals surface area contributed by atoms with E-state index >= 15 is 0 Å². The Balaban J connectivity index is 1.76. The van der Waals surface area contributed by atoms with Crippen molar-refractivity contribution < 1.29 is 18.7 Å². The summed E-state index contributed by atoms with van der Waals surface area (Å²) in [5.41, 5.74) is 1.39. The normalized spacial score (nSPS) is 11.4. The van der Waals surface area contributed by atoms with E-state index in [2.05, 4.69) is 5.32 Å². The number of amides is 1. The van der Waals surface area contributed by atoms with Gasteiger partial charge in [0.25, 0.3) is 0 Å². The van der Waals surface area contributed by atoms with E-state index in [0.717, 1.165) is 16.9 Å². The van der Waals surface area contributed by atoms with Gasteiger partial charge >= 0.3 is 6.09 Å². The van der Waals surface area contributed by atoms with Crippen molar-refractivity contribution >= 4 is 12.2 Å². The van der Waals surface area contributed by atoms with E-state index in [0.29, 0.717) is 13.2 Å². The Morgan fingerprint density at radius 1 is 1.08 bits per heavy atom. The van der Waals surface area contributed by atoms with Gasteiger partial charge in [-0.3, -0.25) is 0 Å². The molecule has 0 aromatic heterocycles. The van der Waals surface area contributed by atoms with Crippen LogP contribution in [0.5, 0.6) is 5.75 Å². The molecule has 0 heterocycles. The molecule has 4 nitrogen and oxygen atoms in total. The number of carbonyl (C=O) groups is 1. The number of halogens is 1. The first kappa shape index (κ1) is 19.5. The molecule has 2 rings (SSSR count). The lowest BCUT2D eigenvalue weighted by Crippen LogP contribution is -2.32. The summed E-state index contributed by atoms with van der Waals surface area (Å²) in [4.78, 5) is 11.5. The van der Waals surface area contributed by atoms with Crippen LogP contribution in [-0.4, -0.2) is 18.2 Å². The first-order valence-electron chi connectivity index (χ1n) is 8.42. The molecule has 0 saturated heterocycles. The molecule has 0 aliphatic rings. The average molecular weight is 357 g/mol. The molecule has 0 atom stereocenters. The van der Waals surface area contributed by atoms with Crippen molar-refractivity contribution in [3.8, 4) is 5.75 Å². The first-order valence-corrected chi connectivity index (χ1v) is 8.42. The minimum Gasteiger partial charge on any atom is -0.489 e. The van der Waals surface area contributed by atoms with E-state index in [1.807, 2.05) is 57.2 Å². The van der Waals surface area contributed by atoms with Gasteiger partial charge in [-0.25, -0.2) is 9.18 Å². The number of benzene rings is 2. The average Bonchev–Trinajstić information content (AvgIpc) is 2.58. The minimum absolute atomic E-state index is 0.258. The van der Waals surface area contributed by atoms with Crippen LogP contribution in [0.2, 0.25) is 0 Å². The third-order valence-electron chi connectivity index (χ3n) is 3.27. The van der Waals surface area contributed by atoms with Crippen molar-refractivity contribution in [2.45, 2.75) is 33.0 Å². The maximum Gasteiger partial charge on any atom is 0.407 e. The number of ether oxygens (including phenoxy) is 2. The Morgan fingerprint density at radius 3 is 2.35 bits per heavy atom.